The molecule has 0 aromatic rings. The van der Waals surface area contributed by atoms with E-state index < -0.39 is 23.8 Å². The SMILES string of the molecule is CC(C)(C)C(=O)CCl.[2H]C([2H])=C([2H])C(=O)C(C)(C)C. The lowest BCUT2D eigenvalue weighted by Crippen LogP contribution is -2.20. The fraction of sp³-hybridized carbons (Fsp3) is 0.692. The highest BCUT2D eigenvalue weighted by Crippen LogP contribution is 2.14. The Morgan fingerprint density at radius 1 is 1.25 bits per heavy atom. The highest BCUT2D eigenvalue weighted by molar-refractivity contribution is 6.28. The Bertz CT molecular complexity index is 359. The molecule has 0 fully saturated rings. The molecule has 0 radical (unpaired) electrons. The van der Waals surface area contributed by atoms with E-state index in [9.17, 15) is 9.59 Å². The predicted octanol–water partition coefficient (Wildman–Crippen LogP) is 3.63. The average Bonchev–Trinajstić information content (AvgIpc) is 2.23. The molecule has 0 unspecified atom stereocenters. The lowest BCUT2D eigenvalue weighted by molar-refractivity contribution is -0.123. The lowest BCUT2D eigenvalue weighted by Gasteiger charge is -2.13. The molecule has 3 heteroatoms. The minimum atomic E-state index is -0.718. The van der Waals surface area contributed by atoms with Gasteiger partial charge in [-0.2, -0.15) is 0 Å². The molecule has 0 saturated heterocycles. The fourth-order valence-corrected chi connectivity index (χ4v) is 0.789. The van der Waals surface area contributed by atoms with Gasteiger partial charge in [-0.05, 0) is 6.05 Å². The molecule has 0 bridgehead atoms. The summed E-state index contributed by atoms with van der Waals surface area (Å²) in [6.07, 6.45) is 0. The van der Waals surface area contributed by atoms with Crippen molar-refractivity contribution in [2.75, 3.05) is 5.88 Å². The van der Waals surface area contributed by atoms with Gasteiger partial charge in [-0.25, -0.2) is 0 Å². The van der Waals surface area contributed by atoms with Crippen LogP contribution in [0.1, 0.15) is 45.7 Å². The maximum atomic E-state index is 11.1. The van der Waals surface area contributed by atoms with Gasteiger partial charge in [0, 0.05) is 10.8 Å². The zero-order valence-corrected chi connectivity index (χ0v) is 11.7. The van der Waals surface area contributed by atoms with E-state index in [1.165, 1.54) is 0 Å². The predicted molar refractivity (Wildman–Crippen MR) is 69.8 cm³/mol. The molecule has 0 aromatic heterocycles. The molecule has 0 saturated carbocycles. The van der Waals surface area contributed by atoms with Crippen LogP contribution in [0.3, 0.4) is 0 Å². The van der Waals surface area contributed by atoms with Crippen LogP contribution in [0.2, 0.25) is 0 Å². The number of halogens is 1. The van der Waals surface area contributed by atoms with E-state index in [1.54, 1.807) is 20.8 Å². The van der Waals surface area contributed by atoms with Gasteiger partial charge in [-0.15, -0.1) is 11.6 Å². The highest BCUT2D eigenvalue weighted by Gasteiger charge is 2.19. The smallest absolute Gasteiger partial charge is 0.160 e. The van der Waals surface area contributed by atoms with Crippen LogP contribution < -0.4 is 0 Å². The van der Waals surface area contributed by atoms with E-state index in [1.807, 2.05) is 20.8 Å². The zero-order chi connectivity index (χ0) is 16.0. The maximum absolute atomic E-state index is 11.1. The molecular formula is C13H23ClO2. The van der Waals surface area contributed by atoms with Gasteiger partial charge in [0.1, 0.15) is 0 Å². The van der Waals surface area contributed by atoms with Crippen LogP contribution in [0.5, 0.6) is 0 Å². The molecular weight excluding hydrogens is 224 g/mol. The Labute approximate surface area is 108 Å². The van der Waals surface area contributed by atoms with Gasteiger partial charge in [-0.3, -0.25) is 9.59 Å². The van der Waals surface area contributed by atoms with E-state index in [0.29, 0.717) is 0 Å². The topological polar surface area (TPSA) is 34.1 Å². The quantitative estimate of drug-likeness (QED) is 0.553. The number of carbonyl (C=O) groups is 2. The van der Waals surface area contributed by atoms with E-state index in [4.69, 9.17) is 15.7 Å². The van der Waals surface area contributed by atoms with Crippen molar-refractivity contribution in [1.29, 1.82) is 0 Å². The van der Waals surface area contributed by atoms with Gasteiger partial charge in [0.25, 0.3) is 0 Å². The summed E-state index contributed by atoms with van der Waals surface area (Å²) in [6, 6.07) is -0.516. The first-order valence-electron chi connectivity index (χ1n) is 6.53. The summed E-state index contributed by atoms with van der Waals surface area (Å²) in [5.74, 6) is -0.236. The molecule has 94 valence electrons. The Morgan fingerprint density at radius 2 is 1.69 bits per heavy atom. The first kappa shape index (κ1) is 11.8. The van der Waals surface area contributed by atoms with Crippen molar-refractivity contribution in [2.24, 2.45) is 10.8 Å². The van der Waals surface area contributed by atoms with Crippen LogP contribution >= 0.6 is 11.6 Å². The summed E-state index contributed by atoms with van der Waals surface area (Å²) in [5, 5.41) is 0. The van der Waals surface area contributed by atoms with Gasteiger partial charge in [0.15, 0.2) is 11.6 Å². The molecule has 0 amide bonds. The van der Waals surface area contributed by atoms with Gasteiger partial charge >= 0.3 is 0 Å². The van der Waals surface area contributed by atoms with Gasteiger partial charge in [0.2, 0.25) is 0 Å². The minimum Gasteiger partial charge on any atom is -0.298 e. The third-order valence-corrected chi connectivity index (χ3v) is 2.00. The molecule has 0 aliphatic rings. The molecule has 2 nitrogen and oxygen atoms in total. The molecule has 0 aliphatic heterocycles. The number of carbonyl (C=O) groups excluding carboxylic acids is 2. The second kappa shape index (κ2) is 6.85. The molecule has 0 aromatic carbocycles. The first-order chi connectivity index (χ1) is 8.25. The Balaban J connectivity index is 0. The van der Waals surface area contributed by atoms with E-state index in [-0.39, 0.29) is 17.1 Å². The summed E-state index contributed by atoms with van der Waals surface area (Å²) in [4.78, 5) is 21.8. The monoisotopic (exact) mass is 249 g/mol. The summed E-state index contributed by atoms with van der Waals surface area (Å²) in [6.45, 7) is 9.84. The van der Waals surface area contributed by atoms with Crippen LogP contribution in [0.4, 0.5) is 0 Å². The molecule has 16 heavy (non-hydrogen) atoms. The number of allylic oxidation sites excluding steroid dienone is 1. The van der Waals surface area contributed by atoms with Crippen LogP contribution in [0.25, 0.3) is 0 Å². The number of rotatable bonds is 2. The zero-order valence-electron chi connectivity index (χ0n) is 13.9. The second-order valence-corrected chi connectivity index (χ2v) is 5.78. The average molecular weight is 250 g/mol. The van der Waals surface area contributed by atoms with Crippen molar-refractivity contribution in [3.05, 3.63) is 12.6 Å². The van der Waals surface area contributed by atoms with Crippen molar-refractivity contribution >= 4 is 23.2 Å². The molecule has 0 spiro atoms. The first-order valence-corrected chi connectivity index (χ1v) is 5.56. The van der Waals surface area contributed by atoms with Crippen molar-refractivity contribution in [1.82, 2.24) is 0 Å². The van der Waals surface area contributed by atoms with Gasteiger partial charge < -0.3 is 0 Å². The third-order valence-electron chi connectivity index (χ3n) is 1.75. The van der Waals surface area contributed by atoms with Gasteiger partial charge in [0.05, 0.1) is 9.99 Å². The molecule has 0 rings (SSSR count). The Kier molecular flexibility index (Phi) is 5.07. The Hall–Kier alpha value is -0.630. The van der Waals surface area contributed by atoms with E-state index in [2.05, 4.69) is 0 Å². The highest BCUT2D eigenvalue weighted by atomic mass is 35.5. The van der Waals surface area contributed by atoms with Crippen molar-refractivity contribution in [2.45, 2.75) is 41.5 Å². The van der Waals surface area contributed by atoms with Crippen molar-refractivity contribution in [3.63, 3.8) is 0 Å². The van der Waals surface area contributed by atoms with Crippen LogP contribution in [0.15, 0.2) is 12.6 Å². The van der Waals surface area contributed by atoms with Gasteiger partial charge in [-0.1, -0.05) is 48.1 Å². The third kappa shape index (κ3) is 8.66. The lowest BCUT2D eigenvalue weighted by atomic mass is 9.91. The number of hydrogen-bond donors (Lipinski definition) is 0. The fourth-order valence-electron chi connectivity index (χ4n) is 0.388. The van der Waals surface area contributed by atoms with Crippen LogP contribution in [0, 0.1) is 10.8 Å². The van der Waals surface area contributed by atoms with Crippen molar-refractivity contribution < 1.29 is 13.7 Å². The second-order valence-electron chi connectivity index (χ2n) is 5.51. The maximum Gasteiger partial charge on any atom is 0.160 e. The summed E-state index contributed by atoms with van der Waals surface area (Å²) in [7, 11) is 0. The standard InChI is InChI=1S/C7H12O.C6H11ClO/c1-5-6(8)7(2,3)4;1-6(2,3)5(8)4-7/h5H,1H2,2-4H3;4H2,1-3H3/i1D2,5D;. The van der Waals surface area contributed by atoms with E-state index in [0.717, 1.165) is 0 Å². The number of Topliss-reactive ketones (excluding diaryl/α,β-unsaturated/α-hetero) is 1. The van der Waals surface area contributed by atoms with E-state index >= 15 is 0 Å². The van der Waals surface area contributed by atoms with Crippen LogP contribution in [-0.2, 0) is 9.59 Å². The molecule has 0 N–H and O–H groups in total. The number of hydrogen-bond acceptors (Lipinski definition) is 2. The largest absolute Gasteiger partial charge is 0.298 e. The minimum absolute atomic E-state index is 0.0965. The molecule has 0 aliphatic carbocycles. The number of alkyl halides is 1. The summed E-state index contributed by atoms with van der Waals surface area (Å²) in [5.41, 5.74) is -0.924. The molecule has 0 heterocycles. The van der Waals surface area contributed by atoms with Crippen LogP contribution in [-0.4, -0.2) is 17.4 Å². The molecule has 0 atom stereocenters. The normalized spacial score (nSPS) is 13.6. The summed E-state index contributed by atoms with van der Waals surface area (Å²) < 4.78 is 20.5. The van der Waals surface area contributed by atoms with Crippen molar-refractivity contribution in [3.8, 4) is 0 Å². The summed E-state index contributed by atoms with van der Waals surface area (Å²) >= 11 is 5.29. The Morgan fingerprint density at radius 3 is 1.75 bits per heavy atom. The number of ketones is 2.